The zero-order chi connectivity index (χ0) is 24.9. The van der Waals surface area contributed by atoms with Gasteiger partial charge in [-0.25, -0.2) is 9.79 Å². The molecule has 182 valence electrons. The van der Waals surface area contributed by atoms with Crippen molar-refractivity contribution in [2.24, 2.45) is 4.99 Å². The molecule has 7 nitrogen and oxygen atoms in total. The topological polar surface area (TPSA) is 83.9 Å². The minimum atomic E-state index is -0.418. The summed E-state index contributed by atoms with van der Waals surface area (Å²) < 4.78 is 5.18. The minimum Gasteiger partial charge on any atom is -0.466 e. The third-order valence-electron chi connectivity index (χ3n) is 6.10. The molecule has 8 heteroatoms. The van der Waals surface area contributed by atoms with Crippen molar-refractivity contribution in [1.82, 2.24) is 15.2 Å². The van der Waals surface area contributed by atoms with E-state index < -0.39 is 12.0 Å². The Morgan fingerprint density at radius 1 is 1.20 bits per heavy atom. The summed E-state index contributed by atoms with van der Waals surface area (Å²) in [4.78, 5) is 36.7. The van der Waals surface area contributed by atoms with Crippen LogP contribution < -0.4 is 5.32 Å². The predicted molar refractivity (Wildman–Crippen MR) is 138 cm³/mol. The number of rotatable bonds is 8. The number of carbonyl (C=O) groups is 2. The van der Waals surface area contributed by atoms with Crippen LogP contribution in [0.3, 0.4) is 0 Å². The van der Waals surface area contributed by atoms with Gasteiger partial charge < -0.3 is 15.0 Å². The van der Waals surface area contributed by atoms with E-state index >= 15 is 0 Å². The van der Waals surface area contributed by atoms with Gasteiger partial charge in [0.05, 0.1) is 30.8 Å². The molecule has 1 aromatic carbocycles. The minimum absolute atomic E-state index is 0.110. The molecule has 0 bridgehead atoms. The molecule has 2 aliphatic heterocycles. The first kappa shape index (κ1) is 24.7. The maximum atomic E-state index is 13.0. The fraction of sp³-hybridized carbons (Fsp3) is 0.333. The van der Waals surface area contributed by atoms with Gasteiger partial charge in [-0.1, -0.05) is 62.9 Å². The Balaban J connectivity index is 1.64. The Morgan fingerprint density at radius 2 is 1.97 bits per heavy atom. The molecule has 0 saturated carbocycles. The van der Waals surface area contributed by atoms with Gasteiger partial charge in [-0.2, -0.15) is 0 Å². The molecule has 35 heavy (non-hydrogen) atoms. The van der Waals surface area contributed by atoms with Gasteiger partial charge in [0, 0.05) is 24.6 Å². The van der Waals surface area contributed by atoms with Crippen LogP contribution in [-0.2, 0) is 20.9 Å². The summed E-state index contributed by atoms with van der Waals surface area (Å²) in [6, 6.07) is 11.7. The number of nitrogens with zero attached hydrogens (tertiary/aromatic N) is 3. The lowest BCUT2D eigenvalue weighted by Gasteiger charge is -2.36. The number of pyridine rings is 1. The number of aromatic nitrogens is 1. The van der Waals surface area contributed by atoms with E-state index in [1.54, 1.807) is 12.4 Å². The average Bonchev–Trinajstić information content (AvgIpc) is 3.28. The molecular formula is C27H30N4O3S. The van der Waals surface area contributed by atoms with E-state index in [0.29, 0.717) is 30.2 Å². The summed E-state index contributed by atoms with van der Waals surface area (Å²) in [5.41, 5.74) is 5.13. The maximum Gasteiger partial charge on any atom is 0.338 e. The molecule has 1 atom stereocenters. The second-order valence-electron chi connectivity index (χ2n) is 8.74. The van der Waals surface area contributed by atoms with Crippen LogP contribution in [0.2, 0.25) is 0 Å². The van der Waals surface area contributed by atoms with Crippen molar-refractivity contribution in [3.05, 3.63) is 87.9 Å². The highest BCUT2D eigenvalue weighted by Gasteiger charge is 2.41. The van der Waals surface area contributed by atoms with Gasteiger partial charge in [0.25, 0.3) is 0 Å². The first-order valence-corrected chi connectivity index (χ1v) is 12.6. The number of benzene rings is 1. The molecule has 0 unspecified atom stereocenters. The van der Waals surface area contributed by atoms with E-state index in [1.165, 1.54) is 24.4 Å². The number of amides is 1. The Bertz CT molecular complexity index is 1190. The highest BCUT2D eigenvalue weighted by atomic mass is 32.2. The monoisotopic (exact) mass is 490 g/mol. The normalized spacial score (nSPS) is 17.2. The molecule has 2 aliphatic rings. The number of aliphatic imine (C=N–C) groups is 1. The molecule has 4 rings (SSSR count). The number of amidine groups is 1. The lowest BCUT2D eigenvalue weighted by Crippen LogP contribution is -2.38. The highest BCUT2D eigenvalue weighted by molar-refractivity contribution is 8.16. The molecule has 0 aliphatic carbocycles. The van der Waals surface area contributed by atoms with Crippen molar-refractivity contribution in [3.8, 4) is 0 Å². The van der Waals surface area contributed by atoms with Crippen LogP contribution in [0.1, 0.15) is 62.3 Å². The number of fused-ring (bicyclic) bond motifs is 1. The number of hydrogen-bond donors (Lipinski definition) is 1. The Morgan fingerprint density at radius 3 is 2.60 bits per heavy atom. The van der Waals surface area contributed by atoms with Gasteiger partial charge in [0.2, 0.25) is 5.91 Å². The number of allylic oxidation sites excluding steroid dienone is 1. The van der Waals surface area contributed by atoms with Crippen molar-refractivity contribution < 1.29 is 14.3 Å². The third kappa shape index (κ3) is 5.32. The summed E-state index contributed by atoms with van der Waals surface area (Å²) >= 11 is 1.48. The molecule has 0 saturated heterocycles. The predicted octanol–water partition coefficient (Wildman–Crippen LogP) is 5.05. The van der Waals surface area contributed by atoms with Gasteiger partial charge in [-0.05, 0) is 40.5 Å². The van der Waals surface area contributed by atoms with E-state index in [-0.39, 0.29) is 12.3 Å². The van der Waals surface area contributed by atoms with Gasteiger partial charge in [0.1, 0.15) is 0 Å². The molecule has 1 aromatic heterocycles. The Hall–Kier alpha value is -3.39. The number of hydrogen-bond acceptors (Lipinski definition) is 7. The van der Waals surface area contributed by atoms with Crippen LogP contribution in [0.5, 0.6) is 0 Å². The number of carbonyl (C=O) groups excluding carboxylic acids is 2. The fourth-order valence-electron chi connectivity index (χ4n) is 4.22. The van der Waals surface area contributed by atoms with E-state index in [9.17, 15) is 9.59 Å². The Kier molecular flexibility index (Phi) is 7.70. The zero-order valence-corrected chi connectivity index (χ0v) is 21.3. The highest BCUT2D eigenvalue weighted by Crippen LogP contribution is 2.45. The van der Waals surface area contributed by atoms with Gasteiger partial charge in [-0.15, -0.1) is 0 Å². The number of thioether (sulfide) groups is 1. The molecule has 1 amide bonds. The molecular weight excluding hydrogens is 460 g/mol. The van der Waals surface area contributed by atoms with Crippen LogP contribution >= 0.6 is 11.8 Å². The van der Waals surface area contributed by atoms with Crippen LogP contribution in [0.15, 0.2) is 76.2 Å². The fourth-order valence-corrected chi connectivity index (χ4v) is 5.16. The second-order valence-corrected chi connectivity index (χ2v) is 9.57. The van der Waals surface area contributed by atoms with Gasteiger partial charge in [0.15, 0.2) is 5.17 Å². The number of ether oxygens (including phenoxy) is 1. The molecule has 0 spiro atoms. The Labute approximate surface area is 210 Å². The van der Waals surface area contributed by atoms with Crippen LogP contribution in [0.25, 0.3) is 0 Å². The van der Waals surface area contributed by atoms with Crippen molar-refractivity contribution in [2.45, 2.75) is 52.1 Å². The first-order valence-electron chi connectivity index (χ1n) is 11.7. The molecule has 0 radical (unpaired) electrons. The van der Waals surface area contributed by atoms with Crippen LogP contribution in [0.4, 0.5) is 0 Å². The van der Waals surface area contributed by atoms with E-state index in [2.05, 4.69) is 48.4 Å². The van der Waals surface area contributed by atoms with E-state index in [0.717, 1.165) is 22.0 Å². The van der Waals surface area contributed by atoms with Gasteiger partial charge in [-0.3, -0.25) is 9.78 Å². The summed E-state index contributed by atoms with van der Waals surface area (Å²) in [6.45, 7) is 6.69. The van der Waals surface area contributed by atoms with Crippen molar-refractivity contribution in [1.29, 1.82) is 0 Å². The summed E-state index contributed by atoms with van der Waals surface area (Å²) in [6.07, 6.45) is 4.21. The lowest BCUT2D eigenvalue weighted by atomic mass is 9.91. The summed E-state index contributed by atoms with van der Waals surface area (Å²) in [7, 11) is 1.39. The molecule has 1 N–H and O–H groups in total. The van der Waals surface area contributed by atoms with Crippen molar-refractivity contribution in [2.75, 3.05) is 7.11 Å². The lowest BCUT2D eigenvalue weighted by molar-refractivity contribution is -0.136. The molecule has 2 aromatic rings. The number of esters is 1. The zero-order valence-electron chi connectivity index (χ0n) is 20.4. The third-order valence-corrected chi connectivity index (χ3v) is 6.99. The first-order chi connectivity index (χ1) is 16.9. The van der Waals surface area contributed by atoms with E-state index in [4.69, 9.17) is 9.73 Å². The summed E-state index contributed by atoms with van der Waals surface area (Å²) in [5.74, 6) is -0.115. The summed E-state index contributed by atoms with van der Waals surface area (Å²) in [5, 5.41) is 5.68. The quantitative estimate of drug-likeness (QED) is 0.522. The van der Waals surface area contributed by atoms with Crippen LogP contribution in [0, 0.1) is 0 Å². The largest absolute Gasteiger partial charge is 0.466 e. The number of nitrogens with one attached hydrogen (secondary N) is 1. The SMILES string of the molecule is CCC1=C(C(=O)OC)[C@@H](c2ccc(C(C)C)cc2)N2C(CC(=O)NCc3cccnc3)=CSC2=N1. The second kappa shape index (κ2) is 10.9. The standard InChI is InChI=1S/C27H30N4O3S/c1-5-22-24(26(33)34-4)25(20-10-8-19(9-11-20)17(2)3)31-21(16-35-27(31)30-22)13-23(32)29-15-18-7-6-12-28-14-18/h6-12,14,16-17,25H,5,13,15H2,1-4H3,(H,29,32)/t25-/m1/s1. The van der Waals surface area contributed by atoms with Crippen molar-refractivity contribution in [3.63, 3.8) is 0 Å². The van der Waals surface area contributed by atoms with Gasteiger partial charge >= 0.3 is 5.97 Å². The maximum absolute atomic E-state index is 13.0. The molecule has 3 heterocycles. The smallest absolute Gasteiger partial charge is 0.338 e. The van der Waals surface area contributed by atoms with Crippen molar-refractivity contribution >= 4 is 28.8 Å². The molecule has 0 fully saturated rings. The average molecular weight is 491 g/mol. The van der Waals surface area contributed by atoms with E-state index in [1.807, 2.05) is 29.4 Å². The number of methoxy groups -OCH3 is 1. The van der Waals surface area contributed by atoms with Crippen LogP contribution in [-0.4, -0.2) is 34.0 Å².